The SMILES string of the molecule is CCOc1ccc(CN(C)Cn2nc(-c3ccc(F)cc3)n(C)c2=S)cc1OC. The highest BCUT2D eigenvalue weighted by molar-refractivity contribution is 7.71. The highest BCUT2D eigenvalue weighted by atomic mass is 32.1. The van der Waals surface area contributed by atoms with Crippen molar-refractivity contribution in [3.8, 4) is 22.9 Å². The van der Waals surface area contributed by atoms with Crippen LogP contribution in [0.3, 0.4) is 0 Å². The van der Waals surface area contributed by atoms with Crippen molar-refractivity contribution >= 4 is 12.2 Å². The third kappa shape index (κ3) is 4.83. The molecule has 1 heterocycles. The monoisotopic (exact) mass is 416 g/mol. The first-order chi connectivity index (χ1) is 13.9. The van der Waals surface area contributed by atoms with Crippen molar-refractivity contribution in [1.82, 2.24) is 19.2 Å². The van der Waals surface area contributed by atoms with Crippen molar-refractivity contribution in [1.29, 1.82) is 0 Å². The molecule has 0 saturated heterocycles. The summed E-state index contributed by atoms with van der Waals surface area (Å²) in [4.78, 5) is 2.10. The molecule has 2 aromatic carbocycles. The molecule has 0 spiro atoms. The van der Waals surface area contributed by atoms with E-state index < -0.39 is 0 Å². The van der Waals surface area contributed by atoms with E-state index in [-0.39, 0.29) is 5.82 Å². The Morgan fingerprint density at radius 3 is 2.52 bits per heavy atom. The van der Waals surface area contributed by atoms with Gasteiger partial charge in [0.15, 0.2) is 22.1 Å². The number of hydrogen-bond acceptors (Lipinski definition) is 5. The normalized spacial score (nSPS) is 11.1. The number of nitrogens with zero attached hydrogens (tertiary/aromatic N) is 4. The van der Waals surface area contributed by atoms with Crippen molar-refractivity contribution in [2.75, 3.05) is 20.8 Å². The van der Waals surface area contributed by atoms with E-state index in [2.05, 4.69) is 10.00 Å². The van der Waals surface area contributed by atoms with Gasteiger partial charge in [-0.3, -0.25) is 4.90 Å². The van der Waals surface area contributed by atoms with Crippen LogP contribution in [0.25, 0.3) is 11.4 Å². The van der Waals surface area contributed by atoms with Crippen LogP contribution in [0.2, 0.25) is 0 Å². The molecular weight excluding hydrogens is 391 g/mol. The molecule has 6 nitrogen and oxygen atoms in total. The molecule has 3 rings (SSSR count). The van der Waals surface area contributed by atoms with Gasteiger partial charge >= 0.3 is 0 Å². The van der Waals surface area contributed by atoms with Crippen LogP contribution in [0.15, 0.2) is 42.5 Å². The van der Waals surface area contributed by atoms with Crippen molar-refractivity contribution in [2.45, 2.75) is 20.1 Å². The minimum atomic E-state index is -0.278. The van der Waals surface area contributed by atoms with Gasteiger partial charge in [-0.25, -0.2) is 9.07 Å². The van der Waals surface area contributed by atoms with Crippen LogP contribution in [0, 0.1) is 10.6 Å². The first-order valence-corrected chi connectivity index (χ1v) is 9.71. The van der Waals surface area contributed by atoms with Gasteiger partial charge < -0.3 is 14.0 Å². The molecule has 0 aliphatic carbocycles. The molecule has 0 N–H and O–H groups in total. The van der Waals surface area contributed by atoms with E-state index in [1.165, 1.54) is 12.1 Å². The third-order valence-electron chi connectivity index (χ3n) is 4.50. The molecule has 154 valence electrons. The molecule has 0 atom stereocenters. The third-order valence-corrected chi connectivity index (χ3v) is 4.98. The molecule has 8 heteroatoms. The summed E-state index contributed by atoms with van der Waals surface area (Å²) < 4.78 is 28.4. The van der Waals surface area contributed by atoms with Crippen LogP contribution in [0.1, 0.15) is 12.5 Å². The minimum absolute atomic E-state index is 0.278. The van der Waals surface area contributed by atoms with Crippen LogP contribution in [0.4, 0.5) is 4.39 Å². The van der Waals surface area contributed by atoms with E-state index in [0.717, 1.165) is 16.9 Å². The fourth-order valence-electron chi connectivity index (χ4n) is 3.11. The zero-order valence-corrected chi connectivity index (χ0v) is 17.9. The predicted octanol–water partition coefficient (Wildman–Crippen LogP) is 4.25. The molecule has 0 amide bonds. The van der Waals surface area contributed by atoms with E-state index in [4.69, 9.17) is 21.7 Å². The van der Waals surface area contributed by atoms with Gasteiger partial charge in [0.1, 0.15) is 5.82 Å². The number of rotatable bonds is 8. The van der Waals surface area contributed by atoms with Crippen molar-refractivity contribution in [2.24, 2.45) is 7.05 Å². The Morgan fingerprint density at radius 1 is 1.14 bits per heavy atom. The molecule has 0 aliphatic rings. The average molecular weight is 417 g/mol. The summed E-state index contributed by atoms with van der Waals surface area (Å²) in [7, 11) is 5.49. The van der Waals surface area contributed by atoms with Gasteiger partial charge in [0.05, 0.1) is 20.4 Å². The lowest BCUT2D eigenvalue weighted by Crippen LogP contribution is -2.22. The molecule has 3 aromatic rings. The van der Waals surface area contributed by atoms with E-state index in [9.17, 15) is 4.39 Å². The number of methoxy groups -OCH3 is 1. The van der Waals surface area contributed by atoms with Gasteiger partial charge in [0, 0.05) is 19.2 Å². The summed E-state index contributed by atoms with van der Waals surface area (Å²) in [5.74, 6) is 1.87. The van der Waals surface area contributed by atoms with E-state index in [0.29, 0.717) is 36.2 Å². The Bertz CT molecular complexity index is 1030. The molecular formula is C21H25FN4O2S. The first-order valence-electron chi connectivity index (χ1n) is 9.31. The second-order valence-electron chi connectivity index (χ2n) is 6.75. The summed E-state index contributed by atoms with van der Waals surface area (Å²) >= 11 is 5.53. The molecule has 1 aromatic heterocycles. The van der Waals surface area contributed by atoms with E-state index in [1.807, 2.05) is 43.8 Å². The van der Waals surface area contributed by atoms with Gasteiger partial charge in [-0.05, 0) is 68.2 Å². The van der Waals surface area contributed by atoms with Gasteiger partial charge in [0.25, 0.3) is 0 Å². The Labute approximate surface area is 175 Å². The number of hydrogen-bond donors (Lipinski definition) is 0. The highest BCUT2D eigenvalue weighted by Gasteiger charge is 2.13. The second kappa shape index (κ2) is 9.19. The summed E-state index contributed by atoms with van der Waals surface area (Å²) in [6.45, 7) is 3.73. The zero-order valence-electron chi connectivity index (χ0n) is 17.1. The van der Waals surface area contributed by atoms with Crippen LogP contribution in [0.5, 0.6) is 11.5 Å². The van der Waals surface area contributed by atoms with Crippen LogP contribution >= 0.6 is 12.2 Å². The number of aromatic nitrogens is 3. The Balaban J connectivity index is 1.76. The van der Waals surface area contributed by atoms with Gasteiger partial charge in [-0.2, -0.15) is 5.10 Å². The van der Waals surface area contributed by atoms with Gasteiger partial charge in [-0.15, -0.1) is 0 Å². The lowest BCUT2D eigenvalue weighted by Gasteiger charge is -2.18. The summed E-state index contributed by atoms with van der Waals surface area (Å²) in [5.41, 5.74) is 1.91. The molecule has 0 aliphatic heterocycles. The number of ether oxygens (including phenoxy) is 2. The molecule has 0 unspecified atom stereocenters. The van der Waals surface area contributed by atoms with Crippen LogP contribution < -0.4 is 9.47 Å². The summed E-state index contributed by atoms with van der Waals surface area (Å²) in [6.07, 6.45) is 0. The molecule has 0 saturated carbocycles. The van der Waals surface area contributed by atoms with E-state index in [1.54, 1.807) is 23.9 Å². The van der Waals surface area contributed by atoms with Gasteiger partial charge in [-0.1, -0.05) is 6.07 Å². The summed E-state index contributed by atoms with van der Waals surface area (Å²) in [6, 6.07) is 12.2. The second-order valence-corrected chi connectivity index (χ2v) is 7.11. The molecule has 29 heavy (non-hydrogen) atoms. The number of halogens is 1. The lowest BCUT2D eigenvalue weighted by molar-refractivity contribution is 0.243. The topological polar surface area (TPSA) is 44.5 Å². The smallest absolute Gasteiger partial charge is 0.199 e. The Kier molecular flexibility index (Phi) is 6.66. The Hall–Kier alpha value is -2.71. The quantitative estimate of drug-likeness (QED) is 0.514. The Morgan fingerprint density at radius 2 is 1.86 bits per heavy atom. The molecule has 0 fully saturated rings. The van der Waals surface area contributed by atoms with Gasteiger partial charge in [0.2, 0.25) is 0 Å². The minimum Gasteiger partial charge on any atom is -0.493 e. The average Bonchev–Trinajstić information content (AvgIpc) is 2.98. The maximum Gasteiger partial charge on any atom is 0.199 e. The first kappa shape index (κ1) is 21.0. The number of benzene rings is 2. The lowest BCUT2D eigenvalue weighted by atomic mass is 10.2. The van der Waals surface area contributed by atoms with E-state index >= 15 is 0 Å². The van der Waals surface area contributed by atoms with Crippen LogP contribution in [-0.2, 0) is 20.3 Å². The maximum absolute atomic E-state index is 13.2. The van der Waals surface area contributed by atoms with Crippen molar-refractivity contribution in [3.63, 3.8) is 0 Å². The highest BCUT2D eigenvalue weighted by Crippen LogP contribution is 2.28. The predicted molar refractivity (Wildman–Crippen MR) is 113 cm³/mol. The van der Waals surface area contributed by atoms with Crippen molar-refractivity contribution < 1.29 is 13.9 Å². The fraction of sp³-hybridized carbons (Fsp3) is 0.333. The summed E-state index contributed by atoms with van der Waals surface area (Å²) in [5, 5.41) is 4.63. The molecule has 0 radical (unpaired) electrons. The maximum atomic E-state index is 13.2. The molecule has 0 bridgehead atoms. The van der Waals surface area contributed by atoms with Crippen molar-refractivity contribution in [3.05, 3.63) is 58.6 Å². The fourth-order valence-corrected chi connectivity index (χ4v) is 3.29. The van der Waals surface area contributed by atoms with Crippen LogP contribution in [-0.4, -0.2) is 40.0 Å². The zero-order chi connectivity index (χ0) is 21.0. The standard InChI is InChI=1S/C21H25FN4O2S/c1-5-28-18-11-6-15(12-19(18)27-4)13-24(2)14-26-21(29)25(3)20(23-26)16-7-9-17(22)10-8-16/h6-12H,5,13-14H2,1-4H3. The largest absolute Gasteiger partial charge is 0.493 e.